The number of aromatic nitrogens is 1. The van der Waals surface area contributed by atoms with E-state index in [2.05, 4.69) is 15.0 Å². The lowest BCUT2D eigenvalue weighted by atomic mass is 10.4. The van der Waals surface area contributed by atoms with Crippen molar-refractivity contribution in [3.8, 4) is 0 Å². The minimum absolute atomic E-state index is 0.121. The van der Waals surface area contributed by atoms with Crippen LogP contribution in [-0.4, -0.2) is 22.1 Å². The highest BCUT2D eigenvalue weighted by molar-refractivity contribution is 6.54. The number of aryl methyl sites for hydroxylation is 1. The number of aliphatic carboxylic acids is 1. The number of carbonyl (C=O) groups is 2. The van der Waals surface area contributed by atoms with Gasteiger partial charge in [-0.2, -0.15) is 0 Å². The Bertz CT molecular complexity index is 466. The number of anilines is 1. The van der Waals surface area contributed by atoms with Crippen molar-refractivity contribution in [1.29, 1.82) is 0 Å². The zero-order chi connectivity index (χ0) is 12.3. The maximum Gasteiger partial charge on any atom is 0.349 e. The van der Waals surface area contributed by atoms with Crippen LogP contribution in [0.25, 0.3) is 0 Å². The summed E-state index contributed by atoms with van der Waals surface area (Å²) >= 11 is 10.7. The molecule has 0 saturated heterocycles. The molecule has 1 aromatic heterocycles. The van der Waals surface area contributed by atoms with Crippen LogP contribution in [0.5, 0.6) is 0 Å². The molecule has 2 N–H and O–H groups in total. The molecule has 1 rings (SSSR count). The second-order valence-corrected chi connectivity index (χ2v) is 3.47. The molecule has 0 radical (unpaired) electrons. The topological polar surface area (TPSA) is 92.4 Å². The first-order valence-corrected chi connectivity index (χ1v) is 4.70. The molecular weight excluding hydrogens is 259 g/mol. The van der Waals surface area contributed by atoms with Gasteiger partial charge < -0.3 is 14.9 Å². The number of carboxylic acids is 1. The summed E-state index contributed by atoms with van der Waals surface area (Å²) in [5.74, 6) is -1.75. The zero-order valence-corrected chi connectivity index (χ0v) is 9.46. The molecule has 1 aromatic rings. The third-order valence-electron chi connectivity index (χ3n) is 1.45. The number of hydrogen-bond donors (Lipinski definition) is 2. The van der Waals surface area contributed by atoms with Gasteiger partial charge in [0.1, 0.15) is 15.8 Å². The third kappa shape index (κ3) is 2.98. The van der Waals surface area contributed by atoms with Crippen molar-refractivity contribution in [2.75, 3.05) is 5.32 Å². The summed E-state index contributed by atoms with van der Waals surface area (Å²) in [6.45, 7) is 1.63. The molecule has 0 aliphatic carbocycles. The van der Waals surface area contributed by atoms with E-state index in [0.717, 1.165) is 0 Å². The van der Waals surface area contributed by atoms with E-state index in [-0.39, 0.29) is 5.82 Å². The molecule has 6 nitrogen and oxygen atoms in total. The number of amides is 1. The third-order valence-corrected chi connectivity index (χ3v) is 2.26. The van der Waals surface area contributed by atoms with Gasteiger partial charge in [-0.15, -0.1) is 0 Å². The average Bonchev–Trinajstić information content (AvgIpc) is 2.61. The van der Waals surface area contributed by atoms with Crippen molar-refractivity contribution < 1.29 is 19.2 Å². The summed E-state index contributed by atoms with van der Waals surface area (Å²) in [7, 11) is 0. The molecule has 0 aliphatic heterocycles. The van der Waals surface area contributed by atoms with Crippen molar-refractivity contribution in [2.24, 2.45) is 0 Å². The van der Waals surface area contributed by atoms with Crippen LogP contribution in [0.4, 0.5) is 5.82 Å². The summed E-state index contributed by atoms with van der Waals surface area (Å²) in [6, 6.07) is 1.44. The lowest BCUT2D eigenvalue weighted by Crippen LogP contribution is -2.14. The highest BCUT2D eigenvalue weighted by atomic mass is 35.5. The Morgan fingerprint density at radius 2 is 2.06 bits per heavy atom. The Labute approximate surface area is 99.8 Å². The Hall–Kier alpha value is -1.53. The van der Waals surface area contributed by atoms with E-state index in [4.69, 9.17) is 28.3 Å². The minimum atomic E-state index is -1.49. The summed E-state index contributed by atoms with van der Waals surface area (Å²) in [4.78, 5) is 21.8. The molecule has 0 saturated carbocycles. The summed E-state index contributed by atoms with van der Waals surface area (Å²) in [5.41, 5.74) is 0. The Balaban J connectivity index is 2.81. The fraction of sp³-hybridized carbons (Fsp3) is 0.125. The molecule has 8 heteroatoms. The van der Waals surface area contributed by atoms with Gasteiger partial charge in [0.05, 0.1) is 0 Å². The first-order chi connectivity index (χ1) is 7.41. The molecule has 0 atom stereocenters. The van der Waals surface area contributed by atoms with Gasteiger partial charge >= 0.3 is 5.97 Å². The molecule has 16 heavy (non-hydrogen) atoms. The quantitative estimate of drug-likeness (QED) is 0.811. The molecule has 0 spiro atoms. The minimum Gasteiger partial charge on any atom is -0.477 e. The molecule has 86 valence electrons. The Kier molecular flexibility index (Phi) is 3.92. The van der Waals surface area contributed by atoms with Gasteiger partial charge in [-0.1, -0.05) is 28.4 Å². The molecule has 1 amide bonds. The highest BCUT2D eigenvalue weighted by Gasteiger charge is 2.18. The number of carbonyl (C=O) groups excluding carboxylic acids is 1. The molecule has 0 fully saturated rings. The number of hydrogen-bond acceptors (Lipinski definition) is 4. The van der Waals surface area contributed by atoms with Crippen LogP contribution in [0.3, 0.4) is 0 Å². The van der Waals surface area contributed by atoms with Gasteiger partial charge in [0, 0.05) is 6.07 Å². The number of nitrogens with one attached hydrogen (secondary N) is 1. The van der Waals surface area contributed by atoms with Crippen molar-refractivity contribution >= 4 is 40.9 Å². The van der Waals surface area contributed by atoms with Crippen LogP contribution in [0, 0.1) is 6.92 Å². The lowest BCUT2D eigenvalue weighted by Gasteiger charge is -1.99. The maximum absolute atomic E-state index is 11.3. The fourth-order valence-corrected chi connectivity index (χ4v) is 1.00. The Morgan fingerprint density at radius 1 is 1.44 bits per heavy atom. The lowest BCUT2D eigenvalue weighted by molar-refractivity contribution is -0.132. The highest BCUT2D eigenvalue weighted by Crippen LogP contribution is 2.16. The monoisotopic (exact) mass is 264 g/mol. The SMILES string of the molecule is Cc1cc(NC(=O)/C(Cl)=C(\Cl)C(=O)O)no1. The van der Waals surface area contributed by atoms with Gasteiger partial charge in [0.2, 0.25) is 0 Å². The van der Waals surface area contributed by atoms with E-state index in [0.29, 0.717) is 5.76 Å². The normalized spacial score (nSPS) is 11.9. The molecule has 0 unspecified atom stereocenters. The number of rotatable bonds is 3. The van der Waals surface area contributed by atoms with Crippen molar-refractivity contribution in [2.45, 2.75) is 6.92 Å². The molecular formula is C8H6Cl2N2O4. The molecule has 0 aromatic carbocycles. The largest absolute Gasteiger partial charge is 0.477 e. The van der Waals surface area contributed by atoms with E-state index in [1.165, 1.54) is 6.07 Å². The Morgan fingerprint density at radius 3 is 2.50 bits per heavy atom. The van der Waals surface area contributed by atoms with Gasteiger partial charge in [0.15, 0.2) is 5.82 Å². The van der Waals surface area contributed by atoms with Gasteiger partial charge in [-0.3, -0.25) is 4.79 Å². The summed E-state index contributed by atoms with van der Waals surface area (Å²) < 4.78 is 4.68. The van der Waals surface area contributed by atoms with Crippen molar-refractivity contribution in [3.63, 3.8) is 0 Å². The number of halogens is 2. The van der Waals surface area contributed by atoms with E-state index in [1.54, 1.807) is 6.92 Å². The first-order valence-electron chi connectivity index (χ1n) is 3.95. The second kappa shape index (κ2) is 5.00. The van der Waals surface area contributed by atoms with Crippen molar-refractivity contribution in [1.82, 2.24) is 5.16 Å². The van der Waals surface area contributed by atoms with Gasteiger partial charge in [-0.05, 0) is 6.92 Å². The summed E-state index contributed by atoms with van der Waals surface area (Å²) in [6.07, 6.45) is 0. The van der Waals surface area contributed by atoms with E-state index in [9.17, 15) is 9.59 Å². The first kappa shape index (κ1) is 12.5. The predicted octanol–water partition coefficient (Wildman–Crippen LogP) is 1.70. The number of nitrogens with zero attached hydrogens (tertiary/aromatic N) is 1. The predicted molar refractivity (Wildman–Crippen MR) is 56.2 cm³/mol. The smallest absolute Gasteiger partial charge is 0.349 e. The van der Waals surface area contributed by atoms with Crippen LogP contribution in [-0.2, 0) is 9.59 Å². The second-order valence-electron chi connectivity index (χ2n) is 2.71. The van der Waals surface area contributed by atoms with Crippen LogP contribution >= 0.6 is 23.2 Å². The standard InChI is InChI=1S/C8H6Cl2N2O4/c1-3-2-4(12-16-3)11-7(13)5(9)6(10)8(14)15/h2H,1H3,(H,14,15)(H,11,12,13)/b6-5+. The average molecular weight is 265 g/mol. The molecule has 1 heterocycles. The van der Waals surface area contributed by atoms with Crippen LogP contribution in [0.15, 0.2) is 20.7 Å². The molecule has 0 bridgehead atoms. The van der Waals surface area contributed by atoms with E-state index >= 15 is 0 Å². The van der Waals surface area contributed by atoms with Crippen LogP contribution in [0.1, 0.15) is 5.76 Å². The van der Waals surface area contributed by atoms with Gasteiger partial charge in [-0.25, -0.2) is 4.79 Å². The fourth-order valence-electron chi connectivity index (χ4n) is 0.790. The summed E-state index contributed by atoms with van der Waals surface area (Å²) in [5, 5.41) is 12.8. The van der Waals surface area contributed by atoms with E-state index < -0.39 is 21.9 Å². The maximum atomic E-state index is 11.3. The van der Waals surface area contributed by atoms with Crippen LogP contribution in [0.2, 0.25) is 0 Å². The van der Waals surface area contributed by atoms with E-state index in [1.807, 2.05) is 0 Å². The van der Waals surface area contributed by atoms with Crippen LogP contribution < -0.4 is 5.32 Å². The molecule has 0 aliphatic rings. The van der Waals surface area contributed by atoms with Crippen molar-refractivity contribution in [3.05, 3.63) is 21.9 Å². The number of carboxylic acid groups (broad SMARTS) is 1. The zero-order valence-electron chi connectivity index (χ0n) is 7.95. The van der Waals surface area contributed by atoms with Gasteiger partial charge in [0.25, 0.3) is 5.91 Å².